The third-order valence-corrected chi connectivity index (χ3v) is 3.86. The van der Waals surface area contributed by atoms with Crippen LogP contribution in [0.2, 0.25) is 0 Å². The molecule has 0 radical (unpaired) electrons. The van der Waals surface area contributed by atoms with Crippen molar-refractivity contribution in [1.29, 1.82) is 0 Å². The van der Waals surface area contributed by atoms with E-state index in [4.69, 9.17) is 9.57 Å². The van der Waals surface area contributed by atoms with Crippen LogP contribution in [0.25, 0.3) is 0 Å². The lowest BCUT2D eigenvalue weighted by molar-refractivity contribution is -0.220. The zero-order valence-corrected chi connectivity index (χ0v) is 18.1. The zero-order chi connectivity index (χ0) is 20.8. The number of benzene rings is 1. The Balaban J connectivity index is 2.95. The average molecular weight is 443 g/mol. The second-order valence-corrected chi connectivity index (χ2v) is 8.46. The smallest absolute Gasteiger partial charge is 0.412 e. The van der Waals surface area contributed by atoms with Crippen molar-refractivity contribution < 1.29 is 24.0 Å². The van der Waals surface area contributed by atoms with E-state index >= 15 is 0 Å². The van der Waals surface area contributed by atoms with Gasteiger partial charge in [-0.05, 0) is 57.4 Å². The minimum Gasteiger partial charge on any atom is -0.436 e. The highest BCUT2D eigenvalue weighted by atomic mass is 79.9. The first kappa shape index (κ1) is 23.0. The number of hydrogen-bond acceptors (Lipinski definition) is 5. The summed E-state index contributed by atoms with van der Waals surface area (Å²) in [4.78, 5) is 41.7. The van der Waals surface area contributed by atoms with Crippen molar-refractivity contribution in [2.24, 2.45) is 5.92 Å². The number of nitrogens with one attached hydrogen (secondary N) is 1. The molecule has 0 unspecified atom stereocenters. The number of hydrogen-bond donors (Lipinski definition) is 1. The van der Waals surface area contributed by atoms with Crippen molar-refractivity contribution in [2.75, 3.05) is 5.32 Å². The summed E-state index contributed by atoms with van der Waals surface area (Å²) in [5.74, 6) is -1.13. The van der Waals surface area contributed by atoms with Crippen LogP contribution in [0.3, 0.4) is 0 Å². The van der Waals surface area contributed by atoms with Gasteiger partial charge in [-0.3, -0.25) is 14.9 Å². The highest BCUT2D eigenvalue weighted by molar-refractivity contribution is 9.10. The predicted octanol–water partition coefficient (Wildman–Crippen LogP) is 4.52. The number of rotatable bonds is 5. The fraction of sp³-hybridized carbons (Fsp3) is 0.526. The van der Waals surface area contributed by atoms with Gasteiger partial charge in [-0.25, -0.2) is 4.79 Å². The second kappa shape index (κ2) is 9.73. The molecule has 1 N–H and O–H groups in total. The van der Waals surface area contributed by atoms with Gasteiger partial charge in [0.1, 0.15) is 0 Å². The second-order valence-electron chi connectivity index (χ2n) is 7.54. The van der Waals surface area contributed by atoms with Crippen LogP contribution in [0.1, 0.15) is 48.0 Å². The monoisotopic (exact) mass is 442 g/mol. The molecule has 1 aromatic rings. The Morgan fingerprint density at radius 2 is 1.70 bits per heavy atom. The predicted molar refractivity (Wildman–Crippen MR) is 106 cm³/mol. The summed E-state index contributed by atoms with van der Waals surface area (Å²) in [5, 5.41) is 3.55. The van der Waals surface area contributed by atoms with E-state index in [1.54, 1.807) is 45.0 Å². The molecule has 8 heteroatoms. The van der Waals surface area contributed by atoms with Crippen molar-refractivity contribution in [3.63, 3.8) is 0 Å². The van der Waals surface area contributed by atoms with Crippen LogP contribution in [0.15, 0.2) is 28.7 Å². The summed E-state index contributed by atoms with van der Waals surface area (Å²) in [5.41, 5.74) is -0.254. The van der Waals surface area contributed by atoms with Crippen molar-refractivity contribution in [3.8, 4) is 0 Å². The maximum absolute atomic E-state index is 12.9. The number of nitrogens with zero attached hydrogens (tertiary/aromatic N) is 1. The van der Waals surface area contributed by atoms with Crippen molar-refractivity contribution >= 4 is 39.6 Å². The van der Waals surface area contributed by atoms with Crippen LogP contribution < -0.4 is 5.32 Å². The fourth-order valence-corrected chi connectivity index (χ4v) is 2.47. The molecule has 1 aromatic carbocycles. The molecule has 0 aromatic heterocycles. The molecule has 0 aliphatic heterocycles. The standard InChI is InChI=1S/C19H27BrN2O5/c1-12(2)11-16(17(24)22(19(4,5)6)27-13(3)23)26-18(25)21-15-9-7-14(20)8-10-15/h7-10,12,16H,11H2,1-6H3,(H,21,25)/t16-/m0/s1. The quantitative estimate of drug-likeness (QED) is 0.677. The normalized spacial score (nSPS) is 12.3. The maximum atomic E-state index is 12.9. The lowest BCUT2D eigenvalue weighted by Gasteiger charge is -2.35. The molecule has 1 rings (SSSR count). The molecule has 0 saturated heterocycles. The summed E-state index contributed by atoms with van der Waals surface area (Å²) in [6.45, 7) is 10.2. The Hall–Kier alpha value is -2.09. The van der Waals surface area contributed by atoms with Gasteiger partial charge in [0.05, 0.1) is 5.54 Å². The molecule has 150 valence electrons. The molecular formula is C19H27BrN2O5. The van der Waals surface area contributed by atoms with Gasteiger partial charge >= 0.3 is 12.1 Å². The van der Waals surface area contributed by atoms with Crippen LogP contribution in [-0.4, -0.2) is 34.7 Å². The van der Waals surface area contributed by atoms with Crippen molar-refractivity contribution in [2.45, 2.75) is 59.6 Å². The third-order valence-electron chi connectivity index (χ3n) is 3.33. The molecule has 0 heterocycles. The van der Waals surface area contributed by atoms with Crippen LogP contribution in [0.5, 0.6) is 0 Å². The lowest BCUT2D eigenvalue weighted by Crippen LogP contribution is -2.51. The maximum Gasteiger partial charge on any atom is 0.412 e. The molecule has 0 aliphatic rings. The van der Waals surface area contributed by atoms with Gasteiger partial charge in [0.25, 0.3) is 5.91 Å². The van der Waals surface area contributed by atoms with Gasteiger partial charge < -0.3 is 9.57 Å². The minimum absolute atomic E-state index is 0.0820. The van der Waals surface area contributed by atoms with Gasteiger partial charge in [0, 0.05) is 17.1 Å². The summed E-state index contributed by atoms with van der Waals surface area (Å²) in [7, 11) is 0. The SMILES string of the molecule is CC(=O)ON(C(=O)[C@H](CC(C)C)OC(=O)Nc1ccc(Br)cc1)C(C)(C)C. The molecule has 0 aliphatic carbocycles. The van der Waals surface area contributed by atoms with E-state index in [1.165, 1.54) is 6.92 Å². The highest BCUT2D eigenvalue weighted by Crippen LogP contribution is 2.21. The van der Waals surface area contributed by atoms with E-state index in [9.17, 15) is 14.4 Å². The van der Waals surface area contributed by atoms with E-state index < -0.39 is 29.6 Å². The first-order valence-corrected chi connectivity index (χ1v) is 9.45. The van der Waals surface area contributed by atoms with Gasteiger partial charge in [0.2, 0.25) is 0 Å². The first-order valence-electron chi connectivity index (χ1n) is 8.66. The zero-order valence-electron chi connectivity index (χ0n) is 16.5. The number of anilines is 1. The van der Waals surface area contributed by atoms with Crippen LogP contribution in [-0.2, 0) is 19.2 Å². The number of hydroxylamine groups is 2. The van der Waals surface area contributed by atoms with E-state index in [0.29, 0.717) is 12.1 Å². The van der Waals surface area contributed by atoms with E-state index in [0.717, 1.165) is 9.54 Å². The topological polar surface area (TPSA) is 84.9 Å². The number of carbonyl (C=O) groups excluding carboxylic acids is 3. The van der Waals surface area contributed by atoms with Crippen LogP contribution in [0.4, 0.5) is 10.5 Å². The highest BCUT2D eigenvalue weighted by Gasteiger charge is 2.37. The fourth-order valence-electron chi connectivity index (χ4n) is 2.21. The molecule has 0 saturated carbocycles. The molecular weight excluding hydrogens is 416 g/mol. The van der Waals surface area contributed by atoms with E-state index in [2.05, 4.69) is 21.2 Å². The van der Waals surface area contributed by atoms with Gasteiger partial charge in [0.15, 0.2) is 6.10 Å². The Bertz CT molecular complexity index is 668. The van der Waals surface area contributed by atoms with Gasteiger partial charge in [-0.2, -0.15) is 5.06 Å². The summed E-state index contributed by atoms with van der Waals surface area (Å²) in [6.07, 6.45) is -1.55. The van der Waals surface area contributed by atoms with Crippen LogP contribution >= 0.6 is 15.9 Å². The van der Waals surface area contributed by atoms with Gasteiger partial charge in [-0.1, -0.05) is 29.8 Å². The number of carbonyl (C=O) groups is 3. The van der Waals surface area contributed by atoms with Crippen molar-refractivity contribution in [1.82, 2.24) is 5.06 Å². The summed E-state index contributed by atoms with van der Waals surface area (Å²) in [6, 6.07) is 6.94. The number of ether oxygens (including phenoxy) is 1. The first-order chi connectivity index (χ1) is 12.4. The molecule has 7 nitrogen and oxygen atoms in total. The summed E-state index contributed by atoms with van der Waals surface area (Å²) >= 11 is 3.32. The lowest BCUT2D eigenvalue weighted by atomic mass is 10.0. The molecule has 27 heavy (non-hydrogen) atoms. The largest absolute Gasteiger partial charge is 0.436 e. The molecule has 0 fully saturated rings. The van der Waals surface area contributed by atoms with E-state index in [-0.39, 0.29) is 5.92 Å². The Labute approximate surface area is 168 Å². The number of halogens is 1. The molecule has 1 atom stereocenters. The molecule has 0 bridgehead atoms. The third kappa shape index (κ3) is 7.99. The van der Waals surface area contributed by atoms with Crippen molar-refractivity contribution in [3.05, 3.63) is 28.7 Å². The molecule has 2 amide bonds. The number of amides is 2. The van der Waals surface area contributed by atoms with Gasteiger partial charge in [-0.15, -0.1) is 0 Å². The molecule has 0 spiro atoms. The van der Waals surface area contributed by atoms with E-state index in [1.807, 2.05) is 13.8 Å². The summed E-state index contributed by atoms with van der Waals surface area (Å²) < 4.78 is 6.24. The average Bonchev–Trinajstić information content (AvgIpc) is 2.52. The van der Waals surface area contributed by atoms with Crippen LogP contribution in [0, 0.1) is 5.92 Å². The Morgan fingerprint density at radius 3 is 2.15 bits per heavy atom. The Morgan fingerprint density at radius 1 is 1.15 bits per heavy atom. The minimum atomic E-state index is -1.08. The Kier molecular flexibility index (Phi) is 8.27.